The maximum Gasteiger partial charge on any atom is 0.410 e. The van der Waals surface area contributed by atoms with Crippen molar-refractivity contribution in [1.29, 1.82) is 0 Å². The number of aliphatic hydroxyl groups is 1. The highest BCUT2D eigenvalue weighted by Gasteiger charge is 2.37. The van der Waals surface area contributed by atoms with Gasteiger partial charge in [-0.1, -0.05) is 26.8 Å². The van der Waals surface area contributed by atoms with Crippen molar-refractivity contribution >= 4 is 41.4 Å². The van der Waals surface area contributed by atoms with E-state index in [9.17, 15) is 9.90 Å². The highest BCUT2D eigenvalue weighted by molar-refractivity contribution is 9.10. The molecule has 1 aromatic heterocycles. The van der Waals surface area contributed by atoms with Gasteiger partial charge in [-0.15, -0.1) is 0 Å². The van der Waals surface area contributed by atoms with Crippen molar-refractivity contribution in [3.8, 4) is 0 Å². The van der Waals surface area contributed by atoms with E-state index in [1.807, 2.05) is 39.0 Å². The van der Waals surface area contributed by atoms with E-state index in [0.717, 1.165) is 21.3 Å². The van der Waals surface area contributed by atoms with Crippen molar-refractivity contribution < 1.29 is 19.1 Å². The number of benzene rings is 1. The number of para-hydroxylation sites is 1. The van der Waals surface area contributed by atoms with Gasteiger partial charge in [0.2, 0.25) is 0 Å². The average Bonchev–Trinajstić information content (AvgIpc) is 3.04. The Labute approximate surface area is 207 Å². The number of carbonyl (C=O) groups excluding carboxylic acids is 1. The summed E-state index contributed by atoms with van der Waals surface area (Å²) in [6, 6.07) is 5.62. The standard InChI is InChI=1S/C24H40BrN3O4Si/c1-23(2,3)32-22(30)27(7)14-13-17(15-29)28-20(16-31-33(8,9)24(4,5)6)26-19-12-10-11-18(25)21(19)28/h10-12,17,29H,13-16H2,1-9H3. The second-order valence-corrected chi connectivity index (χ2v) is 16.7. The van der Waals surface area contributed by atoms with Crippen molar-refractivity contribution in [2.75, 3.05) is 20.2 Å². The molecule has 1 unspecified atom stereocenters. The minimum absolute atomic E-state index is 0.0803. The van der Waals surface area contributed by atoms with Crippen LogP contribution in [0.2, 0.25) is 18.1 Å². The number of imidazole rings is 1. The van der Waals surface area contributed by atoms with Crippen LogP contribution in [0.5, 0.6) is 0 Å². The zero-order chi connectivity index (χ0) is 25.2. The molecule has 1 atom stereocenters. The van der Waals surface area contributed by atoms with Crippen LogP contribution in [0.3, 0.4) is 0 Å². The number of hydrogen-bond acceptors (Lipinski definition) is 5. The summed E-state index contributed by atoms with van der Waals surface area (Å²) in [6.07, 6.45) is 0.170. The third-order valence-electron chi connectivity index (χ3n) is 6.18. The zero-order valence-corrected chi connectivity index (χ0v) is 24.1. The largest absolute Gasteiger partial charge is 0.444 e. The van der Waals surface area contributed by atoms with Gasteiger partial charge in [-0.3, -0.25) is 0 Å². The summed E-state index contributed by atoms with van der Waals surface area (Å²) < 4.78 is 14.9. The van der Waals surface area contributed by atoms with E-state index >= 15 is 0 Å². The topological polar surface area (TPSA) is 76.8 Å². The SMILES string of the molecule is CN(CCC(CO)n1c(CO[Si](C)(C)C(C)(C)C)nc2cccc(Br)c21)C(=O)OC(C)(C)C. The fraction of sp³-hybridized carbons (Fsp3) is 0.667. The number of aromatic nitrogens is 2. The monoisotopic (exact) mass is 541 g/mol. The van der Waals surface area contributed by atoms with Crippen LogP contribution in [-0.2, 0) is 15.8 Å². The molecule has 0 saturated heterocycles. The van der Waals surface area contributed by atoms with Crippen molar-refractivity contribution in [1.82, 2.24) is 14.5 Å². The normalized spacial score (nSPS) is 13.9. The lowest BCUT2D eigenvalue weighted by Gasteiger charge is -2.36. The van der Waals surface area contributed by atoms with Crippen LogP contribution in [0.25, 0.3) is 11.0 Å². The third-order valence-corrected chi connectivity index (χ3v) is 11.3. The molecule has 0 radical (unpaired) electrons. The zero-order valence-electron chi connectivity index (χ0n) is 21.5. The Morgan fingerprint density at radius 2 is 1.88 bits per heavy atom. The molecular formula is C24H40BrN3O4Si. The van der Waals surface area contributed by atoms with Gasteiger partial charge in [0.1, 0.15) is 11.4 Å². The Bertz CT molecular complexity index is 963. The van der Waals surface area contributed by atoms with Gasteiger partial charge in [0.05, 0.1) is 30.3 Å². The van der Waals surface area contributed by atoms with Crippen LogP contribution in [0.4, 0.5) is 4.79 Å². The van der Waals surface area contributed by atoms with E-state index < -0.39 is 13.9 Å². The Morgan fingerprint density at radius 1 is 1.24 bits per heavy atom. The van der Waals surface area contributed by atoms with Crippen molar-refractivity contribution in [2.45, 2.75) is 84.3 Å². The first-order chi connectivity index (χ1) is 15.1. The van der Waals surface area contributed by atoms with E-state index in [4.69, 9.17) is 14.1 Å². The summed E-state index contributed by atoms with van der Waals surface area (Å²) >= 11 is 3.66. The quantitative estimate of drug-likeness (QED) is 0.408. The number of amides is 1. The number of ether oxygens (including phenoxy) is 1. The molecule has 186 valence electrons. The summed E-state index contributed by atoms with van der Waals surface area (Å²) in [6.45, 7) is 17.3. The van der Waals surface area contributed by atoms with E-state index in [-0.39, 0.29) is 23.8 Å². The minimum atomic E-state index is -1.99. The van der Waals surface area contributed by atoms with Gasteiger partial charge in [-0.2, -0.15) is 0 Å². The first-order valence-corrected chi connectivity index (χ1v) is 15.1. The molecule has 0 aliphatic rings. The van der Waals surface area contributed by atoms with E-state index in [1.54, 1.807) is 11.9 Å². The number of rotatable bonds is 8. The molecule has 0 fully saturated rings. The molecule has 0 aliphatic carbocycles. The predicted octanol–water partition coefficient (Wildman–Crippen LogP) is 6.11. The van der Waals surface area contributed by atoms with E-state index in [0.29, 0.717) is 19.6 Å². The van der Waals surface area contributed by atoms with Gasteiger partial charge >= 0.3 is 6.09 Å². The molecule has 0 spiro atoms. The first kappa shape index (κ1) is 27.8. The second kappa shape index (κ2) is 10.5. The van der Waals surface area contributed by atoms with E-state index in [1.165, 1.54) is 0 Å². The minimum Gasteiger partial charge on any atom is -0.444 e. The smallest absolute Gasteiger partial charge is 0.410 e. The number of nitrogens with zero attached hydrogens (tertiary/aromatic N) is 3. The fourth-order valence-corrected chi connectivity index (χ4v) is 4.66. The fourth-order valence-electron chi connectivity index (χ4n) is 3.19. The molecule has 1 aromatic carbocycles. The van der Waals surface area contributed by atoms with Gasteiger partial charge < -0.3 is 23.7 Å². The first-order valence-electron chi connectivity index (χ1n) is 11.4. The van der Waals surface area contributed by atoms with Crippen LogP contribution in [0, 0.1) is 0 Å². The molecule has 2 aromatic rings. The number of halogens is 1. The van der Waals surface area contributed by atoms with Crippen LogP contribution < -0.4 is 0 Å². The lowest BCUT2D eigenvalue weighted by atomic mass is 10.2. The Hall–Kier alpha value is -1.42. The average molecular weight is 543 g/mol. The molecule has 2 rings (SSSR count). The molecule has 33 heavy (non-hydrogen) atoms. The van der Waals surface area contributed by atoms with Gasteiger partial charge in [-0.25, -0.2) is 9.78 Å². The number of hydrogen-bond donors (Lipinski definition) is 1. The molecule has 1 N–H and O–H groups in total. The van der Waals surface area contributed by atoms with Crippen molar-refractivity contribution in [3.63, 3.8) is 0 Å². The van der Waals surface area contributed by atoms with Crippen LogP contribution in [0.1, 0.15) is 59.8 Å². The molecule has 7 nitrogen and oxygen atoms in total. The third kappa shape index (κ3) is 7.04. The highest BCUT2D eigenvalue weighted by atomic mass is 79.9. The molecule has 0 bridgehead atoms. The maximum atomic E-state index is 12.4. The molecule has 1 amide bonds. The van der Waals surface area contributed by atoms with Gasteiger partial charge in [-0.05, 0) is 73.4 Å². The summed E-state index contributed by atoms with van der Waals surface area (Å²) in [7, 11) is -0.275. The Morgan fingerprint density at radius 3 is 2.42 bits per heavy atom. The molecule has 9 heteroatoms. The molecule has 0 aliphatic heterocycles. The summed E-state index contributed by atoms with van der Waals surface area (Å²) in [5.41, 5.74) is 1.21. The second-order valence-electron chi connectivity index (χ2n) is 11.1. The number of fused-ring (bicyclic) bond motifs is 1. The molecule has 0 saturated carbocycles. The van der Waals surface area contributed by atoms with Crippen LogP contribution >= 0.6 is 15.9 Å². The van der Waals surface area contributed by atoms with E-state index in [2.05, 4.69) is 54.4 Å². The summed E-state index contributed by atoms with van der Waals surface area (Å²) in [5.74, 6) is 0.778. The molecule has 1 heterocycles. The van der Waals surface area contributed by atoms with Crippen LogP contribution in [0.15, 0.2) is 22.7 Å². The van der Waals surface area contributed by atoms with Gasteiger partial charge in [0, 0.05) is 18.1 Å². The Kier molecular flexibility index (Phi) is 8.81. The Balaban J connectivity index is 2.33. The maximum absolute atomic E-state index is 12.4. The number of aliphatic hydroxyl groups excluding tert-OH is 1. The number of carbonyl (C=O) groups is 1. The van der Waals surface area contributed by atoms with Gasteiger partial charge in [0.15, 0.2) is 8.32 Å². The lowest BCUT2D eigenvalue weighted by Crippen LogP contribution is -2.40. The van der Waals surface area contributed by atoms with Crippen LogP contribution in [-0.4, -0.2) is 59.8 Å². The molecular weight excluding hydrogens is 502 g/mol. The van der Waals surface area contributed by atoms with Crippen molar-refractivity contribution in [2.24, 2.45) is 0 Å². The summed E-state index contributed by atoms with van der Waals surface area (Å²) in [4.78, 5) is 18.8. The van der Waals surface area contributed by atoms with Gasteiger partial charge in [0.25, 0.3) is 0 Å². The summed E-state index contributed by atoms with van der Waals surface area (Å²) in [5, 5.41) is 10.4. The highest BCUT2D eigenvalue weighted by Crippen LogP contribution is 2.38. The lowest BCUT2D eigenvalue weighted by molar-refractivity contribution is 0.0286. The van der Waals surface area contributed by atoms with Crippen molar-refractivity contribution in [3.05, 3.63) is 28.5 Å². The predicted molar refractivity (Wildman–Crippen MR) is 139 cm³/mol.